The molecule has 2 atom stereocenters. The molecule has 1 saturated carbocycles. The summed E-state index contributed by atoms with van der Waals surface area (Å²) in [6, 6.07) is 9.05. The van der Waals surface area contributed by atoms with Gasteiger partial charge in [-0.2, -0.15) is 0 Å². The lowest BCUT2D eigenvalue weighted by atomic mass is 9.88. The van der Waals surface area contributed by atoms with E-state index in [1.165, 1.54) is 49.9 Å². The molecule has 0 N–H and O–H groups in total. The third kappa shape index (κ3) is 4.41. The number of nitrogens with zero attached hydrogens (tertiary/aromatic N) is 2. The number of halogens is 1. The maximum atomic E-state index is 12.8. The topological polar surface area (TPSA) is 32.8 Å². The zero-order chi connectivity index (χ0) is 17.9. The average molecular weight is 409 g/mol. The molecule has 1 aliphatic heterocycles. The van der Waals surface area contributed by atoms with Crippen LogP contribution in [0.1, 0.15) is 38.5 Å². The Morgan fingerprint density at radius 3 is 2.74 bits per heavy atom. The lowest BCUT2D eigenvalue weighted by Crippen LogP contribution is -2.53. The van der Waals surface area contributed by atoms with E-state index in [4.69, 9.17) is 4.74 Å². The van der Waals surface area contributed by atoms with Crippen molar-refractivity contribution in [3.63, 3.8) is 0 Å². The lowest BCUT2D eigenvalue weighted by molar-refractivity contribution is -0.136. The first-order valence-corrected chi connectivity index (χ1v) is 10.7. The van der Waals surface area contributed by atoms with E-state index in [0.717, 1.165) is 17.6 Å². The number of amides is 1. The molecule has 2 aromatic rings. The Bertz CT molecular complexity index is 759. The van der Waals surface area contributed by atoms with E-state index in [-0.39, 0.29) is 24.9 Å². The predicted octanol–water partition coefficient (Wildman–Crippen LogP) is 4.57. The number of thiophene rings is 1. The van der Waals surface area contributed by atoms with Gasteiger partial charge in [0.1, 0.15) is 5.75 Å². The van der Waals surface area contributed by atoms with Crippen molar-refractivity contribution in [2.45, 2.75) is 50.6 Å². The molecule has 0 unspecified atom stereocenters. The maximum absolute atomic E-state index is 12.8. The van der Waals surface area contributed by atoms with Gasteiger partial charge in [-0.25, -0.2) is 0 Å². The van der Waals surface area contributed by atoms with Crippen molar-refractivity contribution in [2.75, 3.05) is 26.7 Å². The number of rotatable bonds is 5. The van der Waals surface area contributed by atoms with Gasteiger partial charge in [0.2, 0.25) is 0 Å². The van der Waals surface area contributed by atoms with Crippen LogP contribution in [0.5, 0.6) is 5.75 Å². The van der Waals surface area contributed by atoms with Gasteiger partial charge in [0, 0.05) is 34.6 Å². The van der Waals surface area contributed by atoms with Crippen LogP contribution in [-0.2, 0) is 4.79 Å². The van der Waals surface area contributed by atoms with E-state index in [1.54, 1.807) is 11.3 Å². The van der Waals surface area contributed by atoms with Gasteiger partial charge in [-0.1, -0.05) is 25.0 Å². The average Bonchev–Trinajstić information content (AvgIpc) is 3.35. The van der Waals surface area contributed by atoms with Gasteiger partial charge < -0.3 is 9.64 Å². The van der Waals surface area contributed by atoms with Crippen LogP contribution in [0, 0.1) is 0 Å². The summed E-state index contributed by atoms with van der Waals surface area (Å²) in [4.78, 5) is 17.4. The first-order valence-electron chi connectivity index (χ1n) is 9.83. The molecule has 4 rings (SSSR count). The van der Waals surface area contributed by atoms with Crippen molar-refractivity contribution in [1.82, 2.24) is 9.80 Å². The van der Waals surface area contributed by atoms with E-state index in [1.807, 2.05) is 29.5 Å². The summed E-state index contributed by atoms with van der Waals surface area (Å²) in [5, 5.41) is 3.10. The SMILES string of the molecule is CN(C(=O)COc1csc2ccccc12)[C@@H]1CCCC[C@H]1N1CCCC1.Cl. The molecule has 0 bridgehead atoms. The first kappa shape index (κ1) is 20.4. The Kier molecular flexibility index (Phi) is 7.01. The largest absolute Gasteiger partial charge is 0.482 e. The van der Waals surface area contributed by atoms with Crippen molar-refractivity contribution in [3.05, 3.63) is 29.6 Å². The van der Waals surface area contributed by atoms with Crippen LogP contribution in [0.25, 0.3) is 10.1 Å². The molecule has 2 heterocycles. The van der Waals surface area contributed by atoms with Gasteiger partial charge in [0.15, 0.2) is 6.61 Å². The summed E-state index contributed by atoms with van der Waals surface area (Å²) in [6.45, 7) is 2.52. The summed E-state index contributed by atoms with van der Waals surface area (Å²) in [7, 11) is 1.97. The number of likely N-dealkylation sites (tertiary alicyclic amines) is 1. The number of fused-ring (bicyclic) bond motifs is 1. The Morgan fingerprint density at radius 2 is 1.93 bits per heavy atom. The van der Waals surface area contributed by atoms with Crippen LogP contribution >= 0.6 is 23.7 Å². The Labute approximate surface area is 171 Å². The highest BCUT2D eigenvalue weighted by atomic mass is 35.5. The molecule has 2 fully saturated rings. The van der Waals surface area contributed by atoms with Crippen molar-refractivity contribution >= 4 is 39.7 Å². The van der Waals surface area contributed by atoms with Crippen molar-refractivity contribution < 1.29 is 9.53 Å². The van der Waals surface area contributed by atoms with Crippen LogP contribution in [0.4, 0.5) is 0 Å². The van der Waals surface area contributed by atoms with Crippen molar-refractivity contribution in [1.29, 1.82) is 0 Å². The van der Waals surface area contributed by atoms with Gasteiger partial charge in [-0.3, -0.25) is 9.69 Å². The van der Waals surface area contributed by atoms with Gasteiger partial charge in [-0.15, -0.1) is 23.7 Å². The smallest absolute Gasteiger partial charge is 0.260 e. The number of likely N-dealkylation sites (N-methyl/N-ethyl adjacent to an activating group) is 1. The number of carbonyl (C=O) groups is 1. The molecule has 0 radical (unpaired) electrons. The Hall–Kier alpha value is -1.30. The van der Waals surface area contributed by atoms with E-state index in [9.17, 15) is 4.79 Å². The Morgan fingerprint density at radius 1 is 1.19 bits per heavy atom. The molecule has 1 aromatic carbocycles. The highest BCUT2D eigenvalue weighted by molar-refractivity contribution is 7.17. The summed E-state index contributed by atoms with van der Waals surface area (Å²) in [6.07, 6.45) is 7.45. The second-order valence-corrected chi connectivity index (χ2v) is 8.46. The minimum atomic E-state index is 0. The van der Waals surface area contributed by atoms with Crippen LogP contribution < -0.4 is 4.74 Å². The van der Waals surface area contributed by atoms with Crippen LogP contribution in [0.2, 0.25) is 0 Å². The molecule has 1 aromatic heterocycles. The van der Waals surface area contributed by atoms with E-state index in [2.05, 4.69) is 17.0 Å². The van der Waals surface area contributed by atoms with Gasteiger partial charge in [0.05, 0.1) is 0 Å². The summed E-state index contributed by atoms with van der Waals surface area (Å²) in [5.74, 6) is 0.920. The monoisotopic (exact) mass is 408 g/mol. The van der Waals surface area contributed by atoms with Crippen molar-refractivity contribution in [3.8, 4) is 5.75 Å². The van der Waals surface area contributed by atoms with Crippen LogP contribution in [0.15, 0.2) is 29.6 Å². The number of hydrogen-bond donors (Lipinski definition) is 0. The number of ether oxygens (including phenoxy) is 1. The fourth-order valence-electron chi connectivity index (χ4n) is 4.53. The molecule has 1 aliphatic carbocycles. The fourth-order valence-corrected chi connectivity index (χ4v) is 5.42. The molecule has 0 spiro atoms. The number of benzene rings is 1. The molecule has 6 heteroatoms. The zero-order valence-corrected chi connectivity index (χ0v) is 17.6. The molecule has 148 valence electrons. The van der Waals surface area contributed by atoms with E-state index >= 15 is 0 Å². The maximum Gasteiger partial charge on any atom is 0.260 e. The van der Waals surface area contributed by atoms with E-state index in [0.29, 0.717) is 12.1 Å². The van der Waals surface area contributed by atoms with Gasteiger partial charge >= 0.3 is 0 Å². The third-order valence-corrected chi connectivity index (χ3v) is 6.93. The minimum absolute atomic E-state index is 0. The zero-order valence-electron chi connectivity index (χ0n) is 15.9. The molecule has 4 nitrogen and oxygen atoms in total. The van der Waals surface area contributed by atoms with Crippen LogP contribution in [0.3, 0.4) is 0 Å². The second-order valence-electron chi connectivity index (χ2n) is 7.55. The number of hydrogen-bond acceptors (Lipinski definition) is 4. The number of carbonyl (C=O) groups excluding carboxylic acids is 1. The van der Waals surface area contributed by atoms with Gasteiger partial charge in [0.25, 0.3) is 5.91 Å². The molecule has 1 saturated heterocycles. The standard InChI is InChI=1S/C21H28N2O2S.ClH/c1-22(17-9-3-4-10-18(17)23-12-6-7-13-23)21(24)14-25-19-15-26-20-11-5-2-8-16(19)20;/h2,5,8,11,15,17-18H,3-4,6-7,9-10,12-14H2,1H3;1H/t17-,18-;/m1./s1. The second kappa shape index (κ2) is 9.26. The van der Waals surface area contributed by atoms with Gasteiger partial charge in [-0.05, 0) is 50.9 Å². The van der Waals surface area contributed by atoms with E-state index < -0.39 is 0 Å². The molecular formula is C21H29ClN2O2S. The Balaban J connectivity index is 0.00000210. The molecular weight excluding hydrogens is 380 g/mol. The predicted molar refractivity (Wildman–Crippen MR) is 114 cm³/mol. The van der Waals surface area contributed by atoms with Crippen LogP contribution in [-0.4, -0.2) is 54.5 Å². The third-order valence-electron chi connectivity index (χ3n) is 5.99. The normalized spacial score (nSPS) is 23.1. The quantitative estimate of drug-likeness (QED) is 0.726. The first-order chi connectivity index (χ1) is 12.7. The summed E-state index contributed by atoms with van der Waals surface area (Å²) in [5.41, 5.74) is 0. The fraction of sp³-hybridized carbons (Fsp3) is 0.571. The van der Waals surface area contributed by atoms with Crippen molar-refractivity contribution in [2.24, 2.45) is 0 Å². The molecule has 1 amide bonds. The highest BCUT2D eigenvalue weighted by Crippen LogP contribution is 2.32. The highest BCUT2D eigenvalue weighted by Gasteiger charge is 2.35. The molecule has 2 aliphatic rings. The minimum Gasteiger partial charge on any atom is -0.482 e. The summed E-state index contributed by atoms with van der Waals surface area (Å²) >= 11 is 1.66. The summed E-state index contributed by atoms with van der Waals surface area (Å²) < 4.78 is 7.10. The molecule has 27 heavy (non-hydrogen) atoms. The lowest BCUT2D eigenvalue weighted by Gasteiger charge is -2.42.